The number of carbonyl (C=O) groups is 2. The first-order valence-corrected chi connectivity index (χ1v) is 11.0. The molecule has 1 saturated heterocycles. The molecular weight excluding hydrogens is 424 g/mol. The molecule has 1 atom stereocenters. The number of nitrogens with zero attached hydrogens (tertiary/aromatic N) is 2. The second-order valence-corrected chi connectivity index (χ2v) is 8.03. The number of H-pyrrole nitrogens is 1. The number of benzene rings is 2. The summed E-state index contributed by atoms with van der Waals surface area (Å²) in [4.78, 5) is 32.4. The summed E-state index contributed by atoms with van der Waals surface area (Å²) in [6.07, 6.45) is 2.70. The van der Waals surface area contributed by atoms with Crippen LogP contribution in [0.3, 0.4) is 0 Å². The highest BCUT2D eigenvalue weighted by molar-refractivity contribution is 7.80. The Morgan fingerprint density at radius 3 is 2.72 bits per heavy atom. The molecule has 1 aliphatic heterocycles. The van der Waals surface area contributed by atoms with Gasteiger partial charge >= 0.3 is 0 Å². The number of methoxy groups -OCH3 is 1. The minimum absolute atomic E-state index is 0.0477. The lowest BCUT2D eigenvalue weighted by atomic mass is 10.1. The van der Waals surface area contributed by atoms with Crippen molar-refractivity contribution in [3.05, 3.63) is 60.3 Å². The summed E-state index contributed by atoms with van der Waals surface area (Å²) >= 11 is 5.60. The Balaban J connectivity index is 1.50. The Morgan fingerprint density at radius 2 is 2.00 bits per heavy atom. The van der Waals surface area contributed by atoms with Crippen LogP contribution in [0.1, 0.15) is 18.9 Å². The highest BCUT2D eigenvalue weighted by atomic mass is 32.1. The average Bonchev–Trinajstić information content (AvgIpc) is 3.30. The number of anilines is 1. The number of hydrogen-bond acceptors (Lipinski definition) is 4. The third kappa shape index (κ3) is 4.31. The first kappa shape index (κ1) is 21.8. The molecule has 7 nitrogen and oxygen atoms in total. The lowest BCUT2D eigenvalue weighted by Gasteiger charge is -2.23. The number of likely N-dealkylation sites (N-methyl/N-ethyl adjacent to an activating group) is 1. The maximum atomic E-state index is 13.0. The first-order valence-electron chi connectivity index (χ1n) is 10.6. The quantitative estimate of drug-likeness (QED) is 0.513. The van der Waals surface area contributed by atoms with Gasteiger partial charge in [0.05, 0.1) is 13.5 Å². The van der Waals surface area contributed by atoms with E-state index in [4.69, 9.17) is 17.0 Å². The Morgan fingerprint density at radius 1 is 1.22 bits per heavy atom. The molecule has 0 saturated carbocycles. The van der Waals surface area contributed by atoms with E-state index in [2.05, 4.69) is 10.3 Å². The number of hydrogen-bond donors (Lipinski definition) is 2. The van der Waals surface area contributed by atoms with E-state index in [0.717, 1.165) is 22.2 Å². The minimum atomic E-state index is -0.606. The van der Waals surface area contributed by atoms with Gasteiger partial charge in [-0.2, -0.15) is 0 Å². The summed E-state index contributed by atoms with van der Waals surface area (Å²) in [5.74, 6) is 0.455. The maximum Gasteiger partial charge on any atom is 0.252 e. The zero-order chi connectivity index (χ0) is 22.7. The minimum Gasteiger partial charge on any atom is -0.497 e. The zero-order valence-corrected chi connectivity index (χ0v) is 18.9. The van der Waals surface area contributed by atoms with Gasteiger partial charge in [-0.3, -0.25) is 14.5 Å². The van der Waals surface area contributed by atoms with Gasteiger partial charge in [0.2, 0.25) is 5.91 Å². The molecule has 32 heavy (non-hydrogen) atoms. The molecule has 0 aliphatic carbocycles. The van der Waals surface area contributed by atoms with Crippen LogP contribution in [0.15, 0.2) is 54.7 Å². The van der Waals surface area contributed by atoms with E-state index in [-0.39, 0.29) is 18.2 Å². The molecule has 1 fully saturated rings. The molecular formula is C24H26N4O3S. The van der Waals surface area contributed by atoms with Crippen molar-refractivity contribution in [1.82, 2.24) is 14.8 Å². The Labute approximate surface area is 192 Å². The van der Waals surface area contributed by atoms with E-state index in [1.807, 2.05) is 66.6 Å². The average molecular weight is 451 g/mol. The summed E-state index contributed by atoms with van der Waals surface area (Å²) < 4.78 is 5.35. The van der Waals surface area contributed by atoms with Crippen LogP contribution < -0.4 is 10.1 Å². The largest absolute Gasteiger partial charge is 0.497 e. The SMILES string of the molecule is CCN1C(=O)[C@@H](CC(=O)Nc2ccccc2)N(CCc2c[nH]c3ccc(OC)cc23)C1=S. The molecule has 1 aromatic heterocycles. The number of fused-ring (bicyclic) bond motifs is 1. The maximum absolute atomic E-state index is 13.0. The predicted octanol–water partition coefficient (Wildman–Crippen LogP) is 3.57. The topological polar surface area (TPSA) is 77.7 Å². The lowest BCUT2D eigenvalue weighted by Crippen LogP contribution is -2.39. The van der Waals surface area contributed by atoms with Gasteiger partial charge in [-0.15, -0.1) is 0 Å². The van der Waals surface area contributed by atoms with Crippen LogP contribution in [0, 0.1) is 0 Å². The fourth-order valence-corrected chi connectivity index (χ4v) is 4.51. The van der Waals surface area contributed by atoms with Crippen LogP contribution in [0.4, 0.5) is 5.69 Å². The molecule has 2 aromatic carbocycles. The monoisotopic (exact) mass is 450 g/mol. The second kappa shape index (κ2) is 9.40. The van der Waals surface area contributed by atoms with Crippen LogP contribution in [-0.4, -0.2) is 58.0 Å². The van der Waals surface area contributed by atoms with Crippen molar-refractivity contribution in [2.75, 3.05) is 25.5 Å². The number of aromatic amines is 1. The number of nitrogens with one attached hydrogen (secondary N) is 2. The fraction of sp³-hybridized carbons (Fsp3) is 0.292. The lowest BCUT2D eigenvalue weighted by molar-refractivity contribution is -0.130. The van der Waals surface area contributed by atoms with Crippen molar-refractivity contribution in [3.8, 4) is 5.75 Å². The van der Waals surface area contributed by atoms with Crippen molar-refractivity contribution in [2.45, 2.75) is 25.8 Å². The van der Waals surface area contributed by atoms with Gasteiger partial charge in [0.1, 0.15) is 11.8 Å². The smallest absolute Gasteiger partial charge is 0.252 e. The van der Waals surface area contributed by atoms with Crippen LogP contribution in [-0.2, 0) is 16.0 Å². The van der Waals surface area contributed by atoms with E-state index in [9.17, 15) is 9.59 Å². The third-order valence-electron chi connectivity index (χ3n) is 5.75. The van der Waals surface area contributed by atoms with E-state index in [1.54, 1.807) is 12.0 Å². The number of amides is 2. The summed E-state index contributed by atoms with van der Waals surface area (Å²) in [5, 5.41) is 4.42. The standard InChI is InChI=1S/C24H26N4O3S/c1-3-27-23(30)21(14-22(29)26-17-7-5-4-6-8-17)28(24(27)32)12-11-16-15-25-20-10-9-18(31-2)13-19(16)20/h4-10,13,15,21,25H,3,11-12,14H2,1-2H3,(H,26,29)/t21-/m1/s1. The molecule has 0 radical (unpaired) electrons. The van der Waals surface area contributed by atoms with Crippen molar-refractivity contribution in [1.29, 1.82) is 0 Å². The van der Waals surface area contributed by atoms with Crippen LogP contribution >= 0.6 is 12.2 Å². The number of para-hydroxylation sites is 1. The highest BCUT2D eigenvalue weighted by Crippen LogP contribution is 2.26. The molecule has 3 aromatic rings. The molecule has 2 amide bonds. The van der Waals surface area contributed by atoms with Gasteiger partial charge in [0.25, 0.3) is 5.91 Å². The van der Waals surface area contributed by atoms with Gasteiger partial charge in [-0.25, -0.2) is 0 Å². The van der Waals surface area contributed by atoms with Gasteiger partial charge in [-0.05, 0) is 61.5 Å². The van der Waals surface area contributed by atoms with E-state index < -0.39 is 6.04 Å². The molecule has 0 bridgehead atoms. The van der Waals surface area contributed by atoms with Gasteiger partial charge in [0, 0.05) is 35.9 Å². The van der Waals surface area contributed by atoms with Crippen molar-refractivity contribution < 1.29 is 14.3 Å². The molecule has 0 unspecified atom stereocenters. The van der Waals surface area contributed by atoms with Gasteiger partial charge in [-0.1, -0.05) is 18.2 Å². The molecule has 1 aliphatic rings. The predicted molar refractivity (Wildman–Crippen MR) is 129 cm³/mol. The summed E-state index contributed by atoms with van der Waals surface area (Å²) in [7, 11) is 1.65. The molecule has 2 N–H and O–H groups in total. The Hall–Kier alpha value is -3.39. The van der Waals surface area contributed by atoms with Crippen molar-refractivity contribution >= 4 is 45.7 Å². The normalized spacial score (nSPS) is 16.1. The number of carbonyl (C=O) groups excluding carboxylic acids is 2. The highest BCUT2D eigenvalue weighted by Gasteiger charge is 2.42. The molecule has 4 rings (SSSR count). The van der Waals surface area contributed by atoms with Gasteiger partial charge in [0.15, 0.2) is 5.11 Å². The van der Waals surface area contributed by atoms with E-state index in [1.165, 1.54) is 0 Å². The third-order valence-corrected chi connectivity index (χ3v) is 6.21. The van der Waals surface area contributed by atoms with E-state index >= 15 is 0 Å². The van der Waals surface area contributed by atoms with Crippen molar-refractivity contribution in [3.63, 3.8) is 0 Å². The first-order chi connectivity index (χ1) is 15.5. The van der Waals surface area contributed by atoms with Crippen LogP contribution in [0.25, 0.3) is 10.9 Å². The number of thiocarbonyl (C=S) groups is 1. The number of ether oxygens (including phenoxy) is 1. The Bertz CT molecular complexity index is 1140. The van der Waals surface area contributed by atoms with Crippen LogP contribution in [0.5, 0.6) is 5.75 Å². The molecule has 8 heteroatoms. The summed E-state index contributed by atoms with van der Waals surface area (Å²) in [6, 6.07) is 14.5. The number of aromatic nitrogens is 1. The molecule has 2 heterocycles. The molecule has 0 spiro atoms. The summed E-state index contributed by atoms with van der Waals surface area (Å²) in [5.41, 5.74) is 2.84. The van der Waals surface area contributed by atoms with E-state index in [0.29, 0.717) is 30.3 Å². The zero-order valence-electron chi connectivity index (χ0n) is 18.1. The second-order valence-electron chi connectivity index (χ2n) is 7.67. The molecule has 166 valence electrons. The van der Waals surface area contributed by atoms with Gasteiger partial charge < -0.3 is 19.9 Å². The summed E-state index contributed by atoms with van der Waals surface area (Å²) in [6.45, 7) is 2.91. The van der Waals surface area contributed by atoms with Crippen molar-refractivity contribution in [2.24, 2.45) is 0 Å². The van der Waals surface area contributed by atoms with Crippen LogP contribution in [0.2, 0.25) is 0 Å². The Kier molecular flexibility index (Phi) is 6.41. The number of rotatable bonds is 8. The fourth-order valence-electron chi connectivity index (χ4n) is 4.08.